The summed E-state index contributed by atoms with van der Waals surface area (Å²) in [5, 5.41) is 2.78. The summed E-state index contributed by atoms with van der Waals surface area (Å²) < 4.78 is 0. The monoisotopic (exact) mass is 281 g/mol. The van der Waals surface area contributed by atoms with Crippen molar-refractivity contribution in [3.05, 3.63) is 0 Å². The Balaban J connectivity index is 1.98. The highest BCUT2D eigenvalue weighted by Gasteiger charge is 2.38. The van der Waals surface area contributed by atoms with Crippen molar-refractivity contribution in [2.45, 2.75) is 52.1 Å². The van der Waals surface area contributed by atoms with Gasteiger partial charge in [0.1, 0.15) is 12.1 Å². The van der Waals surface area contributed by atoms with Gasteiger partial charge in [0.2, 0.25) is 11.8 Å². The Morgan fingerprint density at radius 1 is 1.20 bits per heavy atom. The molecule has 2 atom stereocenters. The molecule has 2 rings (SSSR count). The molecule has 2 heterocycles. The lowest BCUT2D eigenvalue weighted by atomic mass is 9.94. The molecule has 2 aliphatic rings. The zero-order valence-corrected chi connectivity index (χ0v) is 12.9. The van der Waals surface area contributed by atoms with E-state index in [-0.39, 0.29) is 23.9 Å². The molecular formula is C15H27N3O2. The van der Waals surface area contributed by atoms with Crippen molar-refractivity contribution < 1.29 is 9.59 Å². The number of hydrogen-bond acceptors (Lipinski definition) is 3. The summed E-state index contributed by atoms with van der Waals surface area (Å²) in [4.78, 5) is 28.6. The first kappa shape index (κ1) is 15.3. The van der Waals surface area contributed by atoms with Crippen molar-refractivity contribution in [2.24, 2.45) is 5.92 Å². The Bertz CT molecular complexity index is 364. The smallest absolute Gasteiger partial charge is 0.245 e. The van der Waals surface area contributed by atoms with Crippen molar-refractivity contribution in [2.75, 3.05) is 26.2 Å². The topological polar surface area (TPSA) is 52.7 Å². The van der Waals surface area contributed by atoms with E-state index in [9.17, 15) is 9.59 Å². The van der Waals surface area contributed by atoms with E-state index in [4.69, 9.17) is 0 Å². The summed E-state index contributed by atoms with van der Waals surface area (Å²) >= 11 is 0. The number of piperidine rings is 1. The molecule has 0 saturated carbocycles. The fraction of sp³-hybridized carbons (Fsp3) is 0.867. The van der Waals surface area contributed by atoms with Crippen LogP contribution in [0.3, 0.4) is 0 Å². The fourth-order valence-corrected chi connectivity index (χ4v) is 3.30. The maximum atomic E-state index is 12.3. The molecule has 2 aliphatic heterocycles. The third-order valence-electron chi connectivity index (χ3n) is 4.69. The predicted octanol–water partition coefficient (Wildman–Crippen LogP) is 0.844. The minimum Gasteiger partial charge on any atom is -0.343 e. The second-order valence-electron chi connectivity index (χ2n) is 6.02. The molecule has 114 valence electrons. The highest BCUT2D eigenvalue weighted by atomic mass is 16.2. The number of carbonyl (C=O) groups excluding carboxylic acids is 2. The average molecular weight is 281 g/mol. The van der Waals surface area contributed by atoms with Crippen LogP contribution < -0.4 is 5.32 Å². The van der Waals surface area contributed by atoms with E-state index in [1.807, 2.05) is 11.8 Å². The van der Waals surface area contributed by atoms with Gasteiger partial charge in [0, 0.05) is 6.54 Å². The normalized spacial score (nSPS) is 29.6. The van der Waals surface area contributed by atoms with Crippen molar-refractivity contribution in [3.8, 4) is 0 Å². The summed E-state index contributed by atoms with van der Waals surface area (Å²) in [7, 11) is 0. The number of likely N-dealkylation sites (tertiary alicyclic amines) is 1. The highest BCUT2D eigenvalue weighted by molar-refractivity contribution is 5.96. The number of hydrogen-bond donors (Lipinski definition) is 1. The molecule has 0 aromatic rings. The molecule has 5 nitrogen and oxygen atoms in total. The maximum Gasteiger partial charge on any atom is 0.245 e. The number of nitrogens with one attached hydrogen (secondary N) is 1. The van der Waals surface area contributed by atoms with Gasteiger partial charge in [-0.1, -0.05) is 13.8 Å². The molecule has 2 fully saturated rings. The molecule has 2 saturated heterocycles. The van der Waals surface area contributed by atoms with Crippen LogP contribution >= 0.6 is 0 Å². The Morgan fingerprint density at radius 2 is 1.85 bits per heavy atom. The summed E-state index contributed by atoms with van der Waals surface area (Å²) in [6.07, 6.45) is 2.95. The lowest BCUT2D eigenvalue weighted by molar-refractivity contribution is -0.149. The molecule has 0 radical (unpaired) electrons. The van der Waals surface area contributed by atoms with Crippen LogP contribution in [0.1, 0.15) is 40.0 Å². The molecule has 1 N–H and O–H groups in total. The lowest BCUT2D eigenvalue weighted by Crippen LogP contribution is -2.63. The van der Waals surface area contributed by atoms with Crippen molar-refractivity contribution in [1.29, 1.82) is 0 Å². The van der Waals surface area contributed by atoms with Gasteiger partial charge in [-0.2, -0.15) is 0 Å². The summed E-state index contributed by atoms with van der Waals surface area (Å²) in [5.74, 6) is 0.619. The molecule has 0 aromatic carbocycles. The van der Waals surface area contributed by atoms with E-state index in [0.717, 1.165) is 39.0 Å². The van der Waals surface area contributed by atoms with Crippen molar-refractivity contribution >= 4 is 11.8 Å². The fourth-order valence-electron chi connectivity index (χ4n) is 3.30. The number of nitrogens with zero attached hydrogens (tertiary/aromatic N) is 2. The van der Waals surface area contributed by atoms with Gasteiger partial charge in [-0.05, 0) is 51.7 Å². The Hall–Kier alpha value is -1.10. The van der Waals surface area contributed by atoms with Gasteiger partial charge in [0.25, 0.3) is 0 Å². The first-order chi connectivity index (χ1) is 9.56. The van der Waals surface area contributed by atoms with E-state index in [1.54, 1.807) is 6.92 Å². The first-order valence-electron chi connectivity index (χ1n) is 7.90. The molecule has 0 spiro atoms. The Labute approximate surface area is 121 Å². The van der Waals surface area contributed by atoms with Crippen LogP contribution in [0.4, 0.5) is 0 Å². The van der Waals surface area contributed by atoms with Crippen LogP contribution in [0, 0.1) is 5.92 Å². The van der Waals surface area contributed by atoms with Crippen LogP contribution in [-0.2, 0) is 9.59 Å². The summed E-state index contributed by atoms with van der Waals surface area (Å²) in [6, 6.07) is -0.649. The average Bonchev–Trinajstić information content (AvgIpc) is 2.45. The van der Waals surface area contributed by atoms with E-state index in [2.05, 4.69) is 17.1 Å². The van der Waals surface area contributed by atoms with Crippen LogP contribution in [0.5, 0.6) is 0 Å². The van der Waals surface area contributed by atoms with Gasteiger partial charge < -0.3 is 15.1 Å². The second kappa shape index (κ2) is 6.57. The minimum atomic E-state index is -0.374. The number of rotatable bonds is 4. The van der Waals surface area contributed by atoms with Crippen molar-refractivity contribution in [3.63, 3.8) is 0 Å². The zero-order valence-electron chi connectivity index (χ0n) is 12.9. The Kier molecular flexibility index (Phi) is 5.02. The predicted molar refractivity (Wildman–Crippen MR) is 78.2 cm³/mol. The summed E-state index contributed by atoms with van der Waals surface area (Å²) in [5.41, 5.74) is 0. The van der Waals surface area contributed by atoms with E-state index in [1.165, 1.54) is 0 Å². The van der Waals surface area contributed by atoms with Gasteiger partial charge in [-0.25, -0.2) is 0 Å². The second-order valence-corrected chi connectivity index (χ2v) is 6.02. The number of carbonyl (C=O) groups is 2. The van der Waals surface area contributed by atoms with Crippen LogP contribution in [0.15, 0.2) is 0 Å². The largest absolute Gasteiger partial charge is 0.343 e. The quantitative estimate of drug-likeness (QED) is 0.831. The molecular weight excluding hydrogens is 254 g/mol. The molecule has 20 heavy (non-hydrogen) atoms. The van der Waals surface area contributed by atoms with E-state index >= 15 is 0 Å². The van der Waals surface area contributed by atoms with Gasteiger partial charge >= 0.3 is 0 Å². The molecule has 5 heteroatoms. The molecule has 0 aliphatic carbocycles. The van der Waals surface area contributed by atoms with Crippen LogP contribution in [-0.4, -0.2) is 59.9 Å². The van der Waals surface area contributed by atoms with Gasteiger partial charge in [0.05, 0.1) is 0 Å². The van der Waals surface area contributed by atoms with Crippen molar-refractivity contribution in [1.82, 2.24) is 15.1 Å². The SMILES string of the molecule is CCC1C(=O)NC(C)C(=O)N1CC1CCN(CC)CC1. The number of piperazine rings is 1. The lowest BCUT2D eigenvalue weighted by Gasteiger charge is -2.41. The minimum absolute atomic E-state index is 0.00518. The van der Waals surface area contributed by atoms with Gasteiger partial charge in [0.15, 0.2) is 0 Å². The number of amides is 2. The zero-order chi connectivity index (χ0) is 14.7. The van der Waals surface area contributed by atoms with E-state index < -0.39 is 0 Å². The Morgan fingerprint density at radius 3 is 2.40 bits per heavy atom. The molecule has 0 aromatic heterocycles. The first-order valence-corrected chi connectivity index (χ1v) is 7.90. The molecule has 2 unspecified atom stereocenters. The maximum absolute atomic E-state index is 12.3. The van der Waals surface area contributed by atoms with Crippen LogP contribution in [0.25, 0.3) is 0 Å². The summed E-state index contributed by atoms with van der Waals surface area (Å²) in [6.45, 7) is 10.0. The van der Waals surface area contributed by atoms with Crippen LogP contribution in [0.2, 0.25) is 0 Å². The highest BCUT2D eigenvalue weighted by Crippen LogP contribution is 2.22. The van der Waals surface area contributed by atoms with E-state index in [0.29, 0.717) is 12.3 Å². The van der Waals surface area contributed by atoms with Gasteiger partial charge in [-0.3, -0.25) is 9.59 Å². The van der Waals surface area contributed by atoms with Gasteiger partial charge in [-0.15, -0.1) is 0 Å². The molecule has 0 bridgehead atoms. The standard InChI is InChI=1S/C15H27N3O2/c1-4-13-14(19)16-11(3)15(20)18(13)10-12-6-8-17(5-2)9-7-12/h11-13H,4-10H2,1-3H3,(H,16,19). The third kappa shape index (κ3) is 3.14. The molecule has 2 amide bonds. The third-order valence-corrected chi connectivity index (χ3v) is 4.69.